The molecule has 0 spiro atoms. The molecular formula is C21H19NO4. The molecule has 2 N–H and O–H groups in total. The quantitative estimate of drug-likeness (QED) is 0.783. The molecule has 26 heavy (non-hydrogen) atoms. The third-order valence-electron chi connectivity index (χ3n) is 4.48. The van der Waals surface area contributed by atoms with Gasteiger partial charge in [-0.1, -0.05) is 30.2 Å². The molecule has 1 aliphatic carbocycles. The lowest BCUT2D eigenvalue weighted by Gasteiger charge is -2.10. The van der Waals surface area contributed by atoms with Crippen LogP contribution in [0.15, 0.2) is 42.5 Å². The average molecular weight is 349 g/mol. The van der Waals surface area contributed by atoms with E-state index < -0.39 is 5.97 Å². The normalized spacial score (nSPS) is 17.8. The maximum Gasteiger partial charge on any atom is 0.337 e. The van der Waals surface area contributed by atoms with Crippen LogP contribution in [0.3, 0.4) is 0 Å². The Balaban J connectivity index is 1.67. The minimum absolute atomic E-state index is 0.0870. The SMILES string of the molecule is C#CCOc1ccc(C2CC2C(=O)Nc2ccccc2C(=O)O)cc1C. The first-order valence-corrected chi connectivity index (χ1v) is 8.31. The van der Waals surface area contributed by atoms with Crippen molar-refractivity contribution in [2.45, 2.75) is 19.3 Å². The topological polar surface area (TPSA) is 75.6 Å². The van der Waals surface area contributed by atoms with Gasteiger partial charge in [0.15, 0.2) is 0 Å². The molecule has 0 heterocycles. The van der Waals surface area contributed by atoms with Crippen LogP contribution in [0.5, 0.6) is 5.75 Å². The van der Waals surface area contributed by atoms with Crippen molar-refractivity contribution in [3.8, 4) is 18.1 Å². The summed E-state index contributed by atoms with van der Waals surface area (Å²) in [4.78, 5) is 23.7. The number of aryl methyl sites for hydroxylation is 1. The Morgan fingerprint density at radius 1 is 1.31 bits per heavy atom. The maximum atomic E-state index is 12.5. The summed E-state index contributed by atoms with van der Waals surface area (Å²) in [5.41, 5.74) is 2.45. The number of hydrogen-bond acceptors (Lipinski definition) is 3. The van der Waals surface area contributed by atoms with Gasteiger partial charge in [-0.2, -0.15) is 0 Å². The molecule has 5 heteroatoms. The van der Waals surface area contributed by atoms with E-state index in [0.717, 1.165) is 23.3 Å². The average Bonchev–Trinajstić information content (AvgIpc) is 3.42. The van der Waals surface area contributed by atoms with Crippen LogP contribution in [0.1, 0.15) is 33.8 Å². The molecular weight excluding hydrogens is 330 g/mol. The number of amides is 1. The second kappa shape index (κ2) is 7.32. The molecule has 132 valence electrons. The first-order chi connectivity index (χ1) is 12.5. The molecule has 2 aromatic rings. The fraction of sp³-hybridized carbons (Fsp3) is 0.238. The van der Waals surface area contributed by atoms with Gasteiger partial charge in [0.2, 0.25) is 5.91 Å². The van der Waals surface area contributed by atoms with Gasteiger partial charge in [0.1, 0.15) is 12.4 Å². The van der Waals surface area contributed by atoms with E-state index in [1.807, 2.05) is 25.1 Å². The summed E-state index contributed by atoms with van der Waals surface area (Å²) in [6.45, 7) is 2.16. The van der Waals surface area contributed by atoms with Gasteiger partial charge in [-0.3, -0.25) is 4.79 Å². The van der Waals surface area contributed by atoms with Crippen molar-refractivity contribution in [2.24, 2.45) is 5.92 Å². The van der Waals surface area contributed by atoms with E-state index in [1.54, 1.807) is 18.2 Å². The number of benzene rings is 2. The zero-order chi connectivity index (χ0) is 18.7. The number of rotatable bonds is 6. The van der Waals surface area contributed by atoms with Gasteiger partial charge < -0.3 is 15.2 Å². The molecule has 1 saturated carbocycles. The molecule has 2 unspecified atom stereocenters. The first kappa shape index (κ1) is 17.6. The van der Waals surface area contributed by atoms with E-state index in [4.69, 9.17) is 11.2 Å². The predicted octanol–water partition coefficient (Wildman–Crippen LogP) is 3.45. The van der Waals surface area contributed by atoms with Crippen LogP contribution in [0.2, 0.25) is 0 Å². The highest BCUT2D eigenvalue weighted by atomic mass is 16.5. The van der Waals surface area contributed by atoms with Gasteiger partial charge in [-0.15, -0.1) is 6.42 Å². The third kappa shape index (κ3) is 3.70. The lowest BCUT2D eigenvalue weighted by Crippen LogP contribution is -2.17. The van der Waals surface area contributed by atoms with Crippen molar-refractivity contribution in [3.63, 3.8) is 0 Å². The minimum Gasteiger partial charge on any atom is -0.481 e. The third-order valence-corrected chi connectivity index (χ3v) is 4.48. The number of carbonyl (C=O) groups excluding carboxylic acids is 1. The molecule has 2 atom stereocenters. The second-order valence-corrected chi connectivity index (χ2v) is 6.31. The largest absolute Gasteiger partial charge is 0.481 e. The number of para-hydroxylation sites is 1. The fourth-order valence-electron chi connectivity index (χ4n) is 3.04. The molecule has 0 bridgehead atoms. The summed E-state index contributed by atoms with van der Waals surface area (Å²) in [5.74, 6) is 1.92. The Morgan fingerprint density at radius 3 is 2.77 bits per heavy atom. The highest BCUT2D eigenvalue weighted by Crippen LogP contribution is 2.48. The van der Waals surface area contributed by atoms with Crippen LogP contribution in [0, 0.1) is 25.2 Å². The molecule has 0 saturated heterocycles. The molecule has 0 aromatic heterocycles. The van der Waals surface area contributed by atoms with Crippen molar-refractivity contribution in [2.75, 3.05) is 11.9 Å². The van der Waals surface area contributed by atoms with E-state index in [1.165, 1.54) is 6.07 Å². The van der Waals surface area contributed by atoms with Crippen LogP contribution in [-0.2, 0) is 4.79 Å². The maximum absolute atomic E-state index is 12.5. The van der Waals surface area contributed by atoms with Crippen LogP contribution >= 0.6 is 0 Å². The van der Waals surface area contributed by atoms with Crippen LogP contribution < -0.4 is 10.1 Å². The number of nitrogens with one attached hydrogen (secondary N) is 1. The number of ether oxygens (including phenoxy) is 1. The minimum atomic E-state index is -1.06. The van der Waals surface area contributed by atoms with Gasteiger partial charge in [0.25, 0.3) is 0 Å². The molecule has 3 rings (SSSR count). The summed E-state index contributed by atoms with van der Waals surface area (Å²) in [7, 11) is 0. The number of hydrogen-bond donors (Lipinski definition) is 2. The van der Waals surface area contributed by atoms with E-state index in [-0.39, 0.29) is 29.9 Å². The molecule has 0 radical (unpaired) electrons. The van der Waals surface area contributed by atoms with E-state index >= 15 is 0 Å². The zero-order valence-electron chi connectivity index (χ0n) is 14.4. The van der Waals surface area contributed by atoms with Crippen molar-refractivity contribution >= 4 is 17.6 Å². The van der Waals surface area contributed by atoms with Crippen molar-refractivity contribution in [3.05, 3.63) is 59.2 Å². The van der Waals surface area contributed by atoms with Crippen LogP contribution in [0.25, 0.3) is 0 Å². The molecule has 1 aliphatic rings. The van der Waals surface area contributed by atoms with Crippen molar-refractivity contribution in [1.29, 1.82) is 0 Å². The highest BCUT2D eigenvalue weighted by Gasteiger charge is 2.44. The Morgan fingerprint density at radius 2 is 2.08 bits per heavy atom. The molecule has 0 aliphatic heterocycles. The van der Waals surface area contributed by atoms with Gasteiger partial charge >= 0.3 is 5.97 Å². The second-order valence-electron chi connectivity index (χ2n) is 6.31. The van der Waals surface area contributed by atoms with Gasteiger partial charge in [0, 0.05) is 5.92 Å². The first-order valence-electron chi connectivity index (χ1n) is 8.31. The molecule has 1 fully saturated rings. The standard InChI is InChI=1S/C21H19NO4/c1-3-10-26-19-9-8-14(11-13(19)2)16-12-17(16)20(23)22-18-7-5-4-6-15(18)21(24)25/h1,4-9,11,16-17H,10,12H2,2H3,(H,22,23)(H,24,25). The monoisotopic (exact) mass is 349 g/mol. The van der Waals surface area contributed by atoms with Crippen LogP contribution in [-0.4, -0.2) is 23.6 Å². The lowest BCUT2D eigenvalue weighted by atomic mass is 10.1. The number of aromatic carboxylic acids is 1. The predicted molar refractivity (Wildman–Crippen MR) is 98.4 cm³/mol. The van der Waals surface area contributed by atoms with Gasteiger partial charge in [0.05, 0.1) is 11.3 Å². The van der Waals surface area contributed by atoms with E-state index in [2.05, 4.69) is 11.2 Å². The van der Waals surface area contributed by atoms with Crippen molar-refractivity contribution < 1.29 is 19.4 Å². The van der Waals surface area contributed by atoms with E-state index in [0.29, 0.717) is 5.69 Å². The van der Waals surface area contributed by atoms with Gasteiger partial charge in [-0.25, -0.2) is 4.79 Å². The smallest absolute Gasteiger partial charge is 0.337 e. The lowest BCUT2D eigenvalue weighted by molar-refractivity contribution is -0.117. The van der Waals surface area contributed by atoms with Gasteiger partial charge in [-0.05, 0) is 48.6 Å². The van der Waals surface area contributed by atoms with E-state index in [9.17, 15) is 14.7 Å². The number of carbonyl (C=O) groups is 2. The fourth-order valence-corrected chi connectivity index (χ4v) is 3.04. The Labute approximate surface area is 152 Å². The number of carboxylic acids is 1. The molecule has 5 nitrogen and oxygen atoms in total. The van der Waals surface area contributed by atoms with Crippen molar-refractivity contribution in [1.82, 2.24) is 0 Å². The number of terminal acetylenes is 1. The Kier molecular flexibility index (Phi) is 4.94. The Hall–Kier alpha value is -3.26. The van der Waals surface area contributed by atoms with Crippen LogP contribution in [0.4, 0.5) is 5.69 Å². The zero-order valence-corrected chi connectivity index (χ0v) is 14.4. The highest BCUT2D eigenvalue weighted by molar-refractivity contribution is 6.02. The number of anilines is 1. The summed E-state index contributed by atoms with van der Waals surface area (Å²) < 4.78 is 5.46. The summed E-state index contributed by atoms with van der Waals surface area (Å²) in [5, 5.41) is 11.9. The Bertz CT molecular complexity index is 897. The summed E-state index contributed by atoms with van der Waals surface area (Å²) in [6.07, 6.45) is 5.94. The summed E-state index contributed by atoms with van der Waals surface area (Å²) >= 11 is 0. The number of carboxylic acid groups (broad SMARTS) is 1. The molecule has 2 aromatic carbocycles. The molecule has 1 amide bonds. The summed E-state index contributed by atoms with van der Waals surface area (Å²) in [6, 6.07) is 12.2.